The second-order valence-corrected chi connectivity index (χ2v) is 7.40. The predicted octanol–water partition coefficient (Wildman–Crippen LogP) is 2.25. The summed E-state index contributed by atoms with van der Waals surface area (Å²) in [5, 5.41) is 8.49. The molecule has 132 valence electrons. The van der Waals surface area contributed by atoms with E-state index in [-0.39, 0.29) is 5.39 Å². The summed E-state index contributed by atoms with van der Waals surface area (Å²) in [7, 11) is 1.61. The highest BCUT2D eigenvalue weighted by Gasteiger charge is 2.38. The molecule has 26 heavy (non-hydrogen) atoms. The number of aromatic nitrogens is 6. The molecule has 4 aromatic rings. The van der Waals surface area contributed by atoms with Gasteiger partial charge in [-0.2, -0.15) is 4.68 Å². The SMILES string of the molecule is Cn1c(=O)c2c(F)cccc2n2cnc(-n3cc(CC4(C)CC4)nn3)c12. The maximum atomic E-state index is 14.2. The number of rotatable bonds is 3. The molecule has 3 heterocycles. The molecule has 0 atom stereocenters. The minimum Gasteiger partial charge on any atom is -0.294 e. The van der Waals surface area contributed by atoms with Crippen LogP contribution >= 0.6 is 0 Å². The minimum absolute atomic E-state index is 0.0485. The van der Waals surface area contributed by atoms with Gasteiger partial charge in [0.15, 0.2) is 11.5 Å². The van der Waals surface area contributed by atoms with Gasteiger partial charge in [-0.1, -0.05) is 18.2 Å². The van der Waals surface area contributed by atoms with Gasteiger partial charge in [0.1, 0.15) is 12.1 Å². The van der Waals surface area contributed by atoms with Crippen LogP contribution in [0.4, 0.5) is 4.39 Å². The Kier molecular flexibility index (Phi) is 2.93. The van der Waals surface area contributed by atoms with Crippen molar-refractivity contribution >= 4 is 16.6 Å². The molecular formula is C18H17FN6O. The molecule has 0 bridgehead atoms. The summed E-state index contributed by atoms with van der Waals surface area (Å²) >= 11 is 0. The van der Waals surface area contributed by atoms with E-state index >= 15 is 0 Å². The van der Waals surface area contributed by atoms with Crippen molar-refractivity contribution in [1.82, 2.24) is 28.9 Å². The Hall–Kier alpha value is -3.03. The lowest BCUT2D eigenvalue weighted by Gasteiger charge is -2.08. The number of nitrogens with zero attached hydrogens (tertiary/aromatic N) is 6. The summed E-state index contributed by atoms with van der Waals surface area (Å²) in [6.07, 6.45) is 6.73. The molecule has 0 aliphatic heterocycles. The van der Waals surface area contributed by atoms with Crippen molar-refractivity contribution in [3.63, 3.8) is 0 Å². The Balaban J connectivity index is 1.73. The standard InChI is InChI=1S/C18H17FN6O/c1-18(6-7-18)8-11-9-25(22-21-11)15-16-23(2)17(26)14-12(19)4-3-5-13(14)24(16)10-20-15/h3-5,9-10H,6-8H2,1-2H3. The van der Waals surface area contributed by atoms with Gasteiger partial charge in [0.25, 0.3) is 5.56 Å². The van der Waals surface area contributed by atoms with Crippen LogP contribution in [0, 0.1) is 11.2 Å². The van der Waals surface area contributed by atoms with Gasteiger partial charge in [-0.3, -0.25) is 13.8 Å². The molecule has 1 fully saturated rings. The average Bonchev–Trinajstić information content (AvgIpc) is 3.01. The molecular weight excluding hydrogens is 335 g/mol. The summed E-state index contributed by atoms with van der Waals surface area (Å²) in [6.45, 7) is 2.24. The lowest BCUT2D eigenvalue weighted by Crippen LogP contribution is -2.21. The quantitative estimate of drug-likeness (QED) is 0.567. The van der Waals surface area contributed by atoms with E-state index in [1.54, 1.807) is 34.6 Å². The van der Waals surface area contributed by atoms with Crippen molar-refractivity contribution in [3.05, 3.63) is 52.6 Å². The second-order valence-electron chi connectivity index (χ2n) is 7.40. The zero-order chi connectivity index (χ0) is 18.1. The Bertz CT molecular complexity index is 1230. The van der Waals surface area contributed by atoms with Gasteiger partial charge in [-0.05, 0) is 36.8 Å². The molecule has 0 spiro atoms. The smallest absolute Gasteiger partial charge is 0.264 e. The summed E-state index contributed by atoms with van der Waals surface area (Å²) < 4.78 is 18.9. The summed E-state index contributed by atoms with van der Waals surface area (Å²) in [5.41, 5.74) is 1.86. The highest BCUT2D eigenvalue weighted by Crippen LogP contribution is 2.47. The molecule has 7 nitrogen and oxygen atoms in total. The van der Waals surface area contributed by atoms with E-state index < -0.39 is 11.4 Å². The number of halogens is 1. The van der Waals surface area contributed by atoms with Crippen LogP contribution in [0.2, 0.25) is 0 Å². The average molecular weight is 352 g/mol. The summed E-state index contributed by atoms with van der Waals surface area (Å²) in [6, 6.07) is 4.58. The van der Waals surface area contributed by atoms with Crippen LogP contribution in [0.3, 0.4) is 0 Å². The lowest BCUT2D eigenvalue weighted by atomic mass is 10.0. The van der Waals surface area contributed by atoms with Crippen LogP contribution in [0.5, 0.6) is 0 Å². The zero-order valence-corrected chi connectivity index (χ0v) is 14.5. The number of aryl methyl sites for hydroxylation is 1. The van der Waals surface area contributed by atoms with Crippen molar-refractivity contribution in [3.8, 4) is 5.82 Å². The number of benzene rings is 1. The number of imidazole rings is 1. The first-order valence-electron chi connectivity index (χ1n) is 8.53. The molecule has 8 heteroatoms. The van der Waals surface area contributed by atoms with Gasteiger partial charge >= 0.3 is 0 Å². The summed E-state index contributed by atoms with van der Waals surface area (Å²) in [5.74, 6) is -0.0450. The fourth-order valence-corrected chi connectivity index (χ4v) is 3.48. The molecule has 0 radical (unpaired) electrons. The number of fused-ring (bicyclic) bond motifs is 3. The van der Waals surface area contributed by atoms with Crippen molar-refractivity contribution < 1.29 is 4.39 Å². The highest BCUT2D eigenvalue weighted by atomic mass is 19.1. The van der Waals surface area contributed by atoms with E-state index in [0.717, 1.165) is 12.1 Å². The first-order chi connectivity index (χ1) is 12.5. The minimum atomic E-state index is -0.541. The van der Waals surface area contributed by atoms with Crippen molar-refractivity contribution in [2.45, 2.75) is 26.2 Å². The van der Waals surface area contributed by atoms with Crippen molar-refractivity contribution in [1.29, 1.82) is 0 Å². The fraction of sp³-hybridized carbons (Fsp3) is 0.333. The van der Waals surface area contributed by atoms with Crippen LogP contribution in [-0.2, 0) is 13.5 Å². The molecule has 0 saturated heterocycles. The monoisotopic (exact) mass is 352 g/mol. The molecule has 1 saturated carbocycles. The highest BCUT2D eigenvalue weighted by molar-refractivity contribution is 5.82. The third-order valence-electron chi connectivity index (χ3n) is 5.28. The van der Waals surface area contributed by atoms with Crippen LogP contribution in [-0.4, -0.2) is 28.9 Å². The van der Waals surface area contributed by atoms with Gasteiger partial charge in [0.05, 0.1) is 22.8 Å². The lowest BCUT2D eigenvalue weighted by molar-refractivity contribution is 0.560. The molecule has 1 aliphatic carbocycles. The van der Waals surface area contributed by atoms with Crippen LogP contribution in [0.15, 0.2) is 35.5 Å². The van der Waals surface area contributed by atoms with Gasteiger partial charge in [0, 0.05) is 7.05 Å². The van der Waals surface area contributed by atoms with Crippen LogP contribution in [0.1, 0.15) is 25.5 Å². The zero-order valence-electron chi connectivity index (χ0n) is 14.5. The third-order valence-corrected chi connectivity index (χ3v) is 5.28. The Labute approximate surface area is 147 Å². The van der Waals surface area contributed by atoms with Crippen molar-refractivity contribution in [2.24, 2.45) is 12.5 Å². The molecule has 0 amide bonds. The van der Waals surface area contributed by atoms with Gasteiger partial charge in [-0.25, -0.2) is 9.37 Å². The van der Waals surface area contributed by atoms with Crippen molar-refractivity contribution in [2.75, 3.05) is 0 Å². The van der Waals surface area contributed by atoms with Gasteiger partial charge < -0.3 is 0 Å². The predicted molar refractivity (Wildman–Crippen MR) is 93.9 cm³/mol. The maximum Gasteiger partial charge on any atom is 0.264 e. The molecule has 0 N–H and O–H groups in total. The van der Waals surface area contributed by atoms with Gasteiger partial charge in [0.2, 0.25) is 0 Å². The van der Waals surface area contributed by atoms with E-state index in [1.807, 2.05) is 6.20 Å². The normalized spacial score (nSPS) is 15.8. The number of hydrogen-bond donors (Lipinski definition) is 0. The van der Waals surface area contributed by atoms with E-state index in [0.29, 0.717) is 22.4 Å². The molecule has 1 aromatic carbocycles. The maximum absolute atomic E-state index is 14.2. The largest absolute Gasteiger partial charge is 0.294 e. The van der Waals surface area contributed by atoms with E-state index in [9.17, 15) is 9.18 Å². The summed E-state index contributed by atoms with van der Waals surface area (Å²) in [4.78, 5) is 17.1. The first kappa shape index (κ1) is 15.2. The van der Waals surface area contributed by atoms with Gasteiger partial charge in [-0.15, -0.1) is 5.10 Å². The Morgan fingerprint density at radius 1 is 1.31 bits per heavy atom. The molecule has 0 unspecified atom stereocenters. The number of hydrogen-bond acceptors (Lipinski definition) is 4. The fourth-order valence-electron chi connectivity index (χ4n) is 3.48. The van der Waals surface area contributed by atoms with E-state index in [1.165, 1.54) is 23.5 Å². The van der Waals surface area contributed by atoms with Crippen LogP contribution < -0.4 is 5.56 Å². The first-order valence-corrected chi connectivity index (χ1v) is 8.53. The van der Waals surface area contributed by atoms with E-state index in [2.05, 4.69) is 22.2 Å². The Morgan fingerprint density at radius 3 is 2.88 bits per heavy atom. The molecule has 1 aliphatic rings. The van der Waals surface area contributed by atoms with E-state index in [4.69, 9.17) is 0 Å². The topological polar surface area (TPSA) is 70.0 Å². The Morgan fingerprint density at radius 2 is 2.12 bits per heavy atom. The molecule has 5 rings (SSSR count). The molecule has 3 aromatic heterocycles. The third kappa shape index (κ3) is 2.11. The van der Waals surface area contributed by atoms with Crippen LogP contribution in [0.25, 0.3) is 22.4 Å². The second kappa shape index (κ2) is 5.00.